The summed E-state index contributed by atoms with van der Waals surface area (Å²) in [6.07, 6.45) is 1.42. The largest absolute Gasteiger partial charge is 0.339 e. The van der Waals surface area contributed by atoms with Gasteiger partial charge in [-0.3, -0.25) is 4.79 Å². The quantitative estimate of drug-likeness (QED) is 0.527. The van der Waals surface area contributed by atoms with Crippen molar-refractivity contribution in [2.75, 3.05) is 32.0 Å². The van der Waals surface area contributed by atoms with Crippen LogP contribution >= 0.6 is 11.8 Å². The van der Waals surface area contributed by atoms with Crippen LogP contribution in [0, 0.1) is 0 Å². The van der Waals surface area contributed by atoms with Gasteiger partial charge in [0.2, 0.25) is 11.1 Å². The molecule has 1 fully saturated rings. The Kier molecular flexibility index (Phi) is 3.85. The normalized spacial score (nSPS) is 18.1. The van der Waals surface area contributed by atoms with E-state index < -0.39 is 0 Å². The molecule has 17 heavy (non-hydrogen) atoms. The molecule has 94 valence electrons. The second-order valence-corrected chi connectivity index (χ2v) is 5.16. The average Bonchev–Trinajstić information content (AvgIpc) is 2.75. The van der Waals surface area contributed by atoms with Gasteiger partial charge in [0.15, 0.2) is 0 Å². The summed E-state index contributed by atoms with van der Waals surface area (Å²) < 4.78 is 1.33. The Morgan fingerprint density at radius 2 is 2.29 bits per heavy atom. The summed E-state index contributed by atoms with van der Waals surface area (Å²) in [7, 11) is 0. The Balaban J connectivity index is 1.93. The molecule has 1 aromatic heterocycles. The van der Waals surface area contributed by atoms with Gasteiger partial charge in [-0.2, -0.15) is 0 Å². The van der Waals surface area contributed by atoms with Crippen molar-refractivity contribution in [3.05, 3.63) is 6.33 Å². The average molecular weight is 256 g/mol. The van der Waals surface area contributed by atoms with E-state index in [0.29, 0.717) is 5.16 Å². The molecule has 8 heteroatoms. The first kappa shape index (κ1) is 12.2. The minimum absolute atomic E-state index is 0.125. The molecule has 3 N–H and O–H groups in total. The Morgan fingerprint density at radius 1 is 1.59 bits per heavy atom. The molecular weight excluding hydrogens is 240 g/mol. The summed E-state index contributed by atoms with van der Waals surface area (Å²) in [5, 5.41) is 11.1. The second-order valence-electron chi connectivity index (χ2n) is 3.86. The third kappa shape index (κ3) is 2.89. The van der Waals surface area contributed by atoms with Crippen molar-refractivity contribution in [3.63, 3.8) is 0 Å². The van der Waals surface area contributed by atoms with Gasteiger partial charge in [0.05, 0.1) is 5.25 Å². The van der Waals surface area contributed by atoms with Gasteiger partial charge in [-0.1, -0.05) is 11.8 Å². The number of thioether (sulfide) groups is 1. The van der Waals surface area contributed by atoms with Crippen LogP contribution in [0.3, 0.4) is 0 Å². The van der Waals surface area contributed by atoms with E-state index in [2.05, 4.69) is 15.5 Å². The molecule has 1 atom stereocenters. The number of rotatable bonds is 3. The van der Waals surface area contributed by atoms with E-state index in [-0.39, 0.29) is 11.2 Å². The van der Waals surface area contributed by atoms with Gasteiger partial charge in [-0.15, -0.1) is 10.2 Å². The fourth-order valence-corrected chi connectivity index (χ4v) is 2.50. The number of aromatic nitrogens is 3. The van der Waals surface area contributed by atoms with Gasteiger partial charge in [0.25, 0.3) is 0 Å². The number of carbonyl (C=O) groups is 1. The second kappa shape index (κ2) is 5.37. The molecule has 7 nitrogen and oxygen atoms in total. The fourth-order valence-electron chi connectivity index (χ4n) is 1.67. The molecule has 1 saturated heterocycles. The first-order chi connectivity index (χ1) is 8.18. The Labute approximate surface area is 104 Å². The van der Waals surface area contributed by atoms with Crippen LogP contribution in [0.5, 0.6) is 0 Å². The number of hydrogen-bond donors (Lipinski definition) is 2. The number of carbonyl (C=O) groups excluding carboxylic acids is 1. The molecule has 2 heterocycles. The minimum atomic E-state index is -0.195. The van der Waals surface area contributed by atoms with Gasteiger partial charge >= 0.3 is 0 Å². The standard InChI is InChI=1S/C9H16N6OS/c1-7(17-9-13-12-6-15(9)10)8(16)14-4-2-11-3-5-14/h6-7,11H,2-5,10H2,1H3. The Morgan fingerprint density at radius 3 is 2.88 bits per heavy atom. The number of nitrogens with zero attached hydrogens (tertiary/aromatic N) is 4. The summed E-state index contributed by atoms with van der Waals surface area (Å²) >= 11 is 1.33. The van der Waals surface area contributed by atoms with E-state index >= 15 is 0 Å². The smallest absolute Gasteiger partial charge is 0.235 e. The zero-order valence-electron chi connectivity index (χ0n) is 9.67. The lowest BCUT2D eigenvalue weighted by Gasteiger charge is -2.29. The predicted octanol–water partition coefficient (Wildman–Crippen LogP) is -1.10. The van der Waals surface area contributed by atoms with Crippen LogP contribution < -0.4 is 11.2 Å². The number of amides is 1. The van der Waals surface area contributed by atoms with Crippen LogP contribution in [0.2, 0.25) is 0 Å². The predicted molar refractivity (Wildman–Crippen MR) is 64.9 cm³/mol. The van der Waals surface area contributed by atoms with Crippen LogP contribution in [0.4, 0.5) is 0 Å². The van der Waals surface area contributed by atoms with Crippen molar-refractivity contribution in [3.8, 4) is 0 Å². The van der Waals surface area contributed by atoms with Crippen molar-refractivity contribution in [2.45, 2.75) is 17.3 Å². The zero-order valence-corrected chi connectivity index (χ0v) is 10.5. The highest BCUT2D eigenvalue weighted by Gasteiger charge is 2.24. The van der Waals surface area contributed by atoms with Gasteiger partial charge in [-0.05, 0) is 6.92 Å². The number of nitrogens with one attached hydrogen (secondary N) is 1. The van der Waals surface area contributed by atoms with Crippen molar-refractivity contribution in [1.82, 2.24) is 25.1 Å². The third-order valence-electron chi connectivity index (χ3n) is 2.60. The maximum atomic E-state index is 12.1. The summed E-state index contributed by atoms with van der Waals surface area (Å²) in [6.45, 7) is 5.11. The molecule has 0 bridgehead atoms. The van der Waals surface area contributed by atoms with E-state index in [1.165, 1.54) is 22.8 Å². The first-order valence-corrected chi connectivity index (χ1v) is 6.37. The van der Waals surface area contributed by atoms with Crippen LogP contribution in [-0.4, -0.2) is 57.1 Å². The molecule has 0 radical (unpaired) electrons. The summed E-state index contributed by atoms with van der Waals surface area (Å²) in [4.78, 5) is 14.0. The minimum Gasteiger partial charge on any atom is -0.339 e. The van der Waals surface area contributed by atoms with Crippen LogP contribution in [0.15, 0.2) is 11.5 Å². The Hall–Kier alpha value is -1.28. The fraction of sp³-hybridized carbons (Fsp3) is 0.667. The molecule has 1 aliphatic rings. The van der Waals surface area contributed by atoms with E-state index in [1.54, 1.807) is 0 Å². The van der Waals surface area contributed by atoms with E-state index in [4.69, 9.17) is 5.84 Å². The van der Waals surface area contributed by atoms with Gasteiger partial charge in [-0.25, -0.2) is 4.68 Å². The zero-order chi connectivity index (χ0) is 12.3. The molecule has 0 spiro atoms. The molecule has 0 aliphatic carbocycles. The number of nitrogens with two attached hydrogens (primary N) is 1. The van der Waals surface area contributed by atoms with Crippen LogP contribution in [0.25, 0.3) is 0 Å². The molecule has 0 saturated carbocycles. The molecule has 1 aliphatic heterocycles. The molecule has 1 aromatic rings. The van der Waals surface area contributed by atoms with Crippen molar-refractivity contribution >= 4 is 17.7 Å². The number of piperazine rings is 1. The van der Waals surface area contributed by atoms with E-state index in [9.17, 15) is 4.79 Å². The maximum absolute atomic E-state index is 12.1. The highest BCUT2D eigenvalue weighted by Crippen LogP contribution is 2.21. The molecule has 1 amide bonds. The van der Waals surface area contributed by atoms with Crippen LogP contribution in [0.1, 0.15) is 6.92 Å². The molecule has 0 aromatic carbocycles. The lowest BCUT2D eigenvalue weighted by molar-refractivity contribution is -0.130. The number of nitrogen functional groups attached to an aromatic ring is 1. The highest BCUT2D eigenvalue weighted by atomic mass is 32.2. The first-order valence-electron chi connectivity index (χ1n) is 5.49. The molecular formula is C9H16N6OS. The van der Waals surface area contributed by atoms with Gasteiger partial charge in [0.1, 0.15) is 6.33 Å². The lowest BCUT2D eigenvalue weighted by atomic mass is 10.3. The van der Waals surface area contributed by atoms with E-state index in [1.807, 2.05) is 11.8 Å². The summed E-state index contributed by atoms with van der Waals surface area (Å²) in [5.74, 6) is 5.73. The topological polar surface area (TPSA) is 89.1 Å². The maximum Gasteiger partial charge on any atom is 0.235 e. The SMILES string of the molecule is CC(Sc1nncn1N)C(=O)N1CCNCC1. The van der Waals surface area contributed by atoms with Gasteiger partial charge in [0, 0.05) is 26.2 Å². The van der Waals surface area contributed by atoms with Crippen LogP contribution in [-0.2, 0) is 4.79 Å². The number of hydrogen-bond acceptors (Lipinski definition) is 6. The molecule has 2 rings (SSSR count). The van der Waals surface area contributed by atoms with Gasteiger partial charge < -0.3 is 16.1 Å². The summed E-state index contributed by atoms with van der Waals surface area (Å²) in [6, 6.07) is 0. The monoisotopic (exact) mass is 256 g/mol. The lowest BCUT2D eigenvalue weighted by Crippen LogP contribution is -2.48. The van der Waals surface area contributed by atoms with E-state index in [0.717, 1.165) is 26.2 Å². The third-order valence-corrected chi connectivity index (χ3v) is 3.66. The highest BCUT2D eigenvalue weighted by molar-refractivity contribution is 8.00. The summed E-state index contributed by atoms with van der Waals surface area (Å²) in [5.41, 5.74) is 0. The Bertz CT molecular complexity index is 389. The van der Waals surface area contributed by atoms with Crippen molar-refractivity contribution in [1.29, 1.82) is 0 Å². The molecule has 1 unspecified atom stereocenters. The van der Waals surface area contributed by atoms with Crippen molar-refractivity contribution < 1.29 is 4.79 Å². The van der Waals surface area contributed by atoms with Crippen molar-refractivity contribution in [2.24, 2.45) is 0 Å².